The Morgan fingerprint density at radius 3 is 2.29 bits per heavy atom. The molecule has 1 saturated heterocycles. The fourth-order valence-corrected chi connectivity index (χ4v) is 3.65. The molecule has 1 saturated carbocycles. The Balaban J connectivity index is 1.47. The van der Waals surface area contributed by atoms with Gasteiger partial charge in [0.2, 0.25) is 0 Å². The van der Waals surface area contributed by atoms with Crippen LogP contribution in [0.3, 0.4) is 0 Å². The summed E-state index contributed by atoms with van der Waals surface area (Å²) in [6.07, 6.45) is 5.16. The molecule has 0 amide bonds. The first-order chi connectivity index (χ1) is 10.2. The highest BCUT2D eigenvalue weighted by molar-refractivity contribution is 5.39. The number of aliphatic hydroxyl groups is 1. The van der Waals surface area contributed by atoms with Gasteiger partial charge in [-0.05, 0) is 30.5 Å². The number of hydrogen-bond donors (Lipinski definition) is 2. The molecule has 1 aromatic rings. The third-order valence-corrected chi connectivity index (χ3v) is 5.00. The van der Waals surface area contributed by atoms with Gasteiger partial charge in [-0.25, -0.2) is 0 Å². The number of β-amino-alcohol motifs (C(OH)–C–C–N with tert-alkyl or cyclic N) is 1. The minimum Gasteiger partial charge on any atom is -0.399 e. The van der Waals surface area contributed by atoms with E-state index in [1.807, 2.05) is 24.3 Å². The number of nitrogens with two attached hydrogens (primary N) is 1. The first-order valence-corrected chi connectivity index (χ1v) is 8.22. The quantitative estimate of drug-likeness (QED) is 0.831. The van der Waals surface area contributed by atoms with Crippen LogP contribution in [0.5, 0.6) is 0 Å². The van der Waals surface area contributed by atoms with Gasteiger partial charge in [-0.3, -0.25) is 9.80 Å². The largest absolute Gasteiger partial charge is 0.399 e. The van der Waals surface area contributed by atoms with Crippen molar-refractivity contribution < 1.29 is 5.11 Å². The van der Waals surface area contributed by atoms with Crippen molar-refractivity contribution >= 4 is 5.69 Å². The molecule has 1 unspecified atom stereocenters. The van der Waals surface area contributed by atoms with E-state index in [0.717, 1.165) is 50.0 Å². The lowest BCUT2D eigenvalue weighted by molar-refractivity contribution is 0.0570. The van der Waals surface area contributed by atoms with Crippen LogP contribution >= 0.6 is 0 Å². The summed E-state index contributed by atoms with van der Waals surface area (Å²) in [6.45, 7) is 5.17. The van der Waals surface area contributed by atoms with Crippen LogP contribution < -0.4 is 5.73 Å². The van der Waals surface area contributed by atoms with Crippen molar-refractivity contribution in [1.29, 1.82) is 0 Å². The van der Waals surface area contributed by atoms with Gasteiger partial charge in [-0.1, -0.05) is 25.0 Å². The molecule has 0 radical (unpaired) electrons. The summed E-state index contributed by atoms with van der Waals surface area (Å²) >= 11 is 0. The van der Waals surface area contributed by atoms with Crippen molar-refractivity contribution in [2.24, 2.45) is 0 Å². The molecule has 4 nitrogen and oxygen atoms in total. The van der Waals surface area contributed by atoms with Gasteiger partial charge < -0.3 is 10.8 Å². The molecular weight excluding hydrogens is 262 g/mol. The van der Waals surface area contributed by atoms with E-state index in [2.05, 4.69) is 9.80 Å². The van der Waals surface area contributed by atoms with Crippen LogP contribution in [0, 0.1) is 0 Å². The molecule has 3 rings (SSSR count). The molecule has 116 valence electrons. The lowest BCUT2D eigenvalue weighted by Gasteiger charge is -2.38. The molecule has 1 aliphatic carbocycles. The fourth-order valence-electron chi connectivity index (χ4n) is 3.65. The summed E-state index contributed by atoms with van der Waals surface area (Å²) in [5.74, 6) is 0. The fraction of sp³-hybridized carbons (Fsp3) is 0.647. The standard InChI is InChI=1S/C17H27N3O/c18-15-7-5-14(6-8-15)17(21)13-19-9-11-20(12-10-19)16-3-1-2-4-16/h5-8,16-17,21H,1-4,9-13,18H2. The van der Waals surface area contributed by atoms with Crippen LogP contribution in [-0.4, -0.2) is 53.7 Å². The van der Waals surface area contributed by atoms with Gasteiger partial charge in [0.05, 0.1) is 6.10 Å². The molecule has 3 N–H and O–H groups in total. The van der Waals surface area contributed by atoms with E-state index in [1.165, 1.54) is 25.7 Å². The van der Waals surface area contributed by atoms with Crippen LogP contribution in [-0.2, 0) is 0 Å². The van der Waals surface area contributed by atoms with E-state index in [9.17, 15) is 5.11 Å². The van der Waals surface area contributed by atoms with Crippen molar-refractivity contribution in [3.05, 3.63) is 29.8 Å². The Morgan fingerprint density at radius 1 is 1.05 bits per heavy atom. The smallest absolute Gasteiger partial charge is 0.0916 e. The zero-order chi connectivity index (χ0) is 14.7. The van der Waals surface area contributed by atoms with Gasteiger partial charge in [0.1, 0.15) is 0 Å². The number of nitrogen functional groups attached to an aromatic ring is 1. The van der Waals surface area contributed by atoms with E-state index in [4.69, 9.17) is 5.73 Å². The van der Waals surface area contributed by atoms with Crippen LogP contribution in [0.15, 0.2) is 24.3 Å². The third-order valence-electron chi connectivity index (χ3n) is 5.00. The van der Waals surface area contributed by atoms with Gasteiger partial charge in [0.15, 0.2) is 0 Å². The molecule has 1 atom stereocenters. The number of nitrogens with zero attached hydrogens (tertiary/aromatic N) is 2. The first kappa shape index (κ1) is 14.8. The molecule has 1 heterocycles. The normalized spacial score (nSPS) is 23.5. The summed E-state index contributed by atoms with van der Waals surface area (Å²) in [5, 5.41) is 10.3. The molecule has 1 aliphatic heterocycles. The Labute approximate surface area is 127 Å². The monoisotopic (exact) mass is 289 g/mol. The number of anilines is 1. The van der Waals surface area contributed by atoms with Gasteiger partial charge in [-0.15, -0.1) is 0 Å². The van der Waals surface area contributed by atoms with Crippen LogP contribution in [0.4, 0.5) is 5.69 Å². The van der Waals surface area contributed by atoms with Crippen LogP contribution in [0.2, 0.25) is 0 Å². The van der Waals surface area contributed by atoms with Gasteiger partial charge in [0, 0.05) is 44.5 Å². The maximum atomic E-state index is 10.3. The minimum atomic E-state index is -0.413. The molecular formula is C17H27N3O. The first-order valence-electron chi connectivity index (χ1n) is 8.22. The zero-order valence-corrected chi connectivity index (χ0v) is 12.7. The van der Waals surface area contributed by atoms with Crippen molar-refractivity contribution in [3.63, 3.8) is 0 Å². The number of aliphatic hydroxyl groups excluding tert-OH is 1. The van der Waals surface area contributed by atoms with E-state index in [1.54, 1.807) is 0 Å². The second-order valence-corrected chi connectivity index (χ2v) is 6.46. The Bertz CT molecular complexity index is 434. The Morgan fingerprint density at radius 2 is 1.67 bits per heavy atom. The van der Waals surface area contributed by atoms with E-state index in [0.29, 0.717) is 0 Å². The average Bonchev–Trinajstić information content (AvgIpc) is 3.03. The molecule has 21 heavy (non-hydrogen) atoms. The lowest BCUT2D eigenvalue weighted by atomic mass is 10.1. The predicted octanol–water partition coefficient (Wildman–Crippen LogP) is 1.86. The number of hydrogen-bond acceptors (Lipinski definition) is 4. The lowest BCUT2D eigenvalue weighted by Crippen LogP contribution is -2.50. The van der Waals surface area contributed by atoms with Gasteiger partial charge in [0.25, 0.3) is 0 Å². The van der Waals surface area contributed by atoms with Crippen LogP contribution in [0.1, 0.15) is 37.4 Å². The maximum absolute atomic E-state index is 10.3. The summed E-state index contributed by atoms with van der Waals surface area (Å²) in [4.78, 5) is 5.03. The maximum Gasteiger partial charge on any atom is 0.0916 e. The van der Waals surface area contributed by atoms with Crippen molar-refractivity contribution in [3.8, 4) is 0 Å². The Kier molecular flexibility index (Phi) is 4.78. The number of piperazine rings is 1. The summed E-state index contributed by atoms with van der Waals surface area (Å²) < 4.78 is 0. The van der Waals surface area contributed by atoms with Crippen molar-refractivity contribution in [2.75, 3.05) is 38.5 Å². The molecule has 2 aliphatic rings. The Hall–Kier alpha value is -1.10. The minimum absolute atomic E-state index is 0.413. The highest BCUT2D eigenvalue weighted by Gasteiger charge is 2.26. The molecule has 0 aromatic heterocycles. The topological polar surface area (TPSA) is 52.7 Å². The van der Waals surface area contributed by atoms with E-state index >= 15 is 0 Å². The second kappa shape index (κ2) is 6.77. The summed E-state index contributed by atoms with van der Waals surface area (Å²) in [5.41, 5.74) is 7.40. The van der Waals surface area contributed by atoms with Gasteiger partial charge >= 0.3 is 0 Å². The van der Waals surface area contributed by atoms with E-state index < -0.39 is 6.10 Å². The predicted molar refractivity (Wildman–Crippen MR) is 86.1 cm³/mol. The van der Waals surface area contributed by atoms with Crippen LogP contribution in [0.25, 0.3) is 0 Å². The molecule has 0 bridgehead atoms. The molecule has 2 fully saturated rings. The summed E-state index contributed by atoms with van der Waals surface area (Å²) in [7, 11) is 0. The van der Waals surface area contributed by atoms with Gasteiger partial charge in [-0.2, -0.15) is 0 Å². The molecule has 0 spiro atoms. The van der Waals surface area contributed by atoms with Crippen molar-refractivity contribution in [2.45, 2.75) is 37.8 Å². The average molecular weight is 289 g/mol. The van der Waals surface area contributed by atoms with Crippen molar-refractivity contribution in [1.82, 2.24) is 9.80 Å². The highest BCUT2D eigenvalue weighted by Crippen LogP contribution is 2.25. The molecule has 1 aromatic carbocycles. The molecule has 4 heteroatoms. The summed E-state index contributed by atoms with van der Waals surface area (Å²) in [6, 6.07) is 8.39. The SMILES string of the molecule is Nc1ccc(C(O)CN2CCN(C3CCCC3)CC2)cc1. The zero-order valence-electron chi connectivity index (χ0n) is 12.7. The number of benzene rings is 1. The highest BCUT2D eigenvalue weighted by atomic mass is 16.3. The van der Waals surface area contributed by atoms with E-state index in [-0.39, 0.29) is 0 Å². The second-order valence-electron chi connectivity index (χ2n) is 6.46. The number of rotatable bonds is 4. The third kappa shape index (κ3) is 3.76.